The molecule has 3 aromatic rings. The molecule has 1 amide bonds. The van der Waals surface area contributed by atoms with Crippen molar-refractivity contribution in [3.8, 4) is 5.75 Å². The summed E-state index contributed by atoms with van der Waals surface area (Å²) in [7, 11) is 1.63. The number of aromatic nitrogens is 1. The van der Waals surface area contributed by atoms with E-state index < -0.39 is 0 Å². The van der Waals surface area contributed by atoms with Crippen molar-refractivity contribution in [1.29, 1.82) is 0 Å². The summed E-state index contributed by atoms with van der Waals surface area (Å²) in [5, 5.41) is 6.16. The van der Waals surface area contributed by atoms with Gasteiger partial charge in [0.05, 0.1) is 24.7 Å². The number of hydrogen-bond acceptors (Lipinski definition) is 4. The highest BCUT2D eigenvalue weighted by Crippen LogP contribution is 2.26. The van der Waals surface area contributed by atoms with Crippen molar-refractivity contribution < 1.29 is 9.53 Å². The topological polar surface area (TPSA) is 63.2 Å². The molecule has 0 spiro atoms. The van der Waals surface area contributed by atoms with Crippen LogP contribution in [0.4, 0.5) is 17.1 Å². The monoisotopic (exact) mass is 347 g/mol. The largest absolute Gasteiger partial charge is 0.495 e. The van der Waals surface area contributed by atoms with Gasteiger partial charge in [-0.2, -0.15) is 0 Å². The van der Waals surface area contributed by atoms with Crippen LogP contribution in [0.3, 0.4) is 0 Å². The van der Waals surface area contributed by atoms with Gasteiger partial charge in [0.15, 0.2) is 0 Å². The van der Waals surface area contributed by atoms with E-state index in [1.54, 1.807) is 19.4 Å². The molecule has 0 atom stereocenters. The predicted molar refractivity (Wildman–Crippen MR) is 104 cm³/mol. The van der Waals surface area contributed by atoms with E-state index in [4.69, 9.17) is 4.74 Å². The molecule has 5 heteroatoms. The van der Waals surface area contributed by atoms with Crippen LogP contribution >= 0.6 is 0 Å². The Hall–Kier alpha value is -3.34. The Bertz CT molecular complexity index is 892. The third-order valence-corrected chi connectivity index (χ3v) is 4.03. The van der Waals surface area contributed by atoms with E-state index in [1.807, 2.05) is 54.6 Å². The van der Waals surface area contributed by atoms with Crippen molar-refractivity contribution in [1.82, 2.24) is 4.98 Å². The Balaban J connectivity index is 1.72. The minimum absolute atomic E-state index is 0.227. The number of nitrogens with zero attached hydrogens (tertiary/aromatic N) is 1. The molecule has 132 valence electrons. The average Bonchev–Trinajstić information content (AvgIpc) is 2.69. The highest BCUT2D eigenvalue weighted by molar-refractivity contribution is 6.03. The number of carbonyl (C=O) groups excluding carboxylic acids is 1. The third-order valence-electron chi connectivity index (χ3n) is 4.03. The van der Waals surface area contributed by atoms with Crippen LogP contribution in [0.2, 0.25) is 0 Å². The van der Waals surface area contributed by atoms with Gasteiger partial charge in [0.2, 0.25) is 0 Å². The summed E-state index contributed by atoms with van der Waals surface area (Å²) < 4.78 is 5.32. The molecule has 0 fully saturated rings. The summed E-state index contributed by atoms with van der Waals surface area (Å²) in [6.07, 6.45) is 2.48. The van der Waals surface area contributed by atoms with Gasteiger partial charge in [0.1, 0.15) is 11.4 Å². The van der Waals surface area contributed by atoms with Crippen LogP contribution in [0.15, 0.2) is 66.9 Å². The van der Waals surface area contributed by atoms with E-state index in [1.165, 1.54) is 0 Å². The maximum Gasteiger partial charge on any atom is 0.274 e. The first kappa shape index (κ1) is 17.5. The number of para-hydroxylation sites is 3. The maximum absolute atomic E-state index is 12.4. The molecule has 0 saturated carbocycles. The summed E-state index contributed by atoms with van der Waals surface area (Å²) in [6.45, 7) is 2.06. The van der Waals surface area contributed by atoms with Crippen molar-refractivity contribution in [3.05, 3.63) is 78.1 Å². The zero-order valence-corrected chi connectivity index (χ0v) is 14.8. The van der Waals surface area contributed by atoms with Gasteiger partial charge in [-0.05, 0) is 42.3 Å². The Morgan fingerprint density at radius 2 is 1.73 bits per heavy atom. The fraction of sp³-hybridized carbons (Fsp3) is 0.143. The van der Waals surface area contributed by atoms with Gasteiger partial charge in [-0.3, -0.25) is 4.79 Å². The van der Waals surface area contributed by atoms with E-state index in [0.29, 0.717) is 5.69 Å². The van der Waals surface area contributed by atoms with Crippen LogP contribution in [0.5, 0.6) is 5.75 Å². The van der Waals surface area contributed by atoms with Crippen molar-refractivity contribution in [2.24, 2.45) is 0 Å². The first-order valence-electron chi connectivity index (χ1n) is 8.46. The normalized spacial score (nSPS) is 10.2. The van der Waals surface area contributed by atoms with Gasteiger partial charge in [0, 0.05) is 5.69 Å². The number of aryl methyl sites for hydroxylation is 1. The number of ether oxygens (including phenoxy) is 1. The molecule has 2 aromatic carbocycles. The Labute approximate surface area is 153 Å². The smallest absolute Gasteiger partial charge is 0.274 e. The summed E-state index contributed by atoms with van der Waals surface area (Å²) in [6, 6.07) is 18.9. The number of amides is 1. The standard InChI is InChI=1S/C21H21N3O2/c1-3-15-8-4-5-9-17(15)24-21(25)19-13-12-16(14-22-19)23-18-10-6-7-11-20(18)26-2/h4-14,23H,3H2,1-2H3,(H,24,25). The van der Waals surface area contributed by atoms with Crippen molar-refractivity contribution >= 4 is 23.0 Å². The molecule has 0 aliphatic rings. The number of hydrogen-bond donors (Lipinski definition) is 2. The fourth-order valence-electron chi connectivity index (χ4n) is 2.64. The lowest BCUT2D eigenvalue weighted by Gasteiger charge is -2.11. The highest BCUT2D eigenvalue weighted by Gasteiger charge is 2.10. The first-order chi connectivity index (χ1) is 12.7. The number of nitrogens with one attached hydrogen (secondary N) is 2. The Kier molecular flexibility index (Phi) is 5.49. The first-order valence-corrected chi connectivity index (χ1v) is 8.46. The van der Waals surface area contributed by atoms with Gasteiger partial charge in [-0.15, -0.1) is 0 Å². The Morgan fingerprint density at radius 3 is 2.42 bits per heavy atom. The van der Waals surface area contributed by atoms with Crippen LogP contribution in [0.25, 0.3) is 0 Å². The minimum Gasteiger partial charge on any atom is -0.495 e. The third kappa shape index (κ3) is 4.00. The number of methoxy groups -OCH3 is 1. The quantitative estimate of drug-likeness (QED) is 0.681. The summed E-state index contributed by atoms with van der Waals surface area (Å²) in [5.74, 6) is 0.514. The molecule has 5 nitrogen and oxygen atoms in total. The molecule has 1 heterocycles. The summed E-state index contributed by atoms with van der Waals surface area (Å²) >= 11 is 0. The molecule has 1 aromatic heterocycles. The molecule has 0 aliphatic heterocycles. The van der Waals surface area contributed by atoms with Gasteiger partial charge in [0.25, 0.3) is 5.91 Å². The van der Waals surface area contributed by atoms with Crippen molar-refractivity contribution in [2.45, 2.75) is 13.3 Å². The summed E-state index contributed by atoms with van der Waals surface area (Å²) in [4.78, 5) is 16.7. The highest BCUT2D eigenvalue weighted by atomic mass is 16.5. The second-order valence-electron chi connectivity index (χ2n) is 5.72. The van der Waals surface area contributed by atoms with E-state index in [-0.39, 0.29) is 5.91 Å². The molecule has 2 N–H and O–H groups in total. The van der Waals surface area contributed by atoms with Crippen molar-refractivity contribution in [3.63, 3.8) is 0 Å². The number of rotatable bonds is 6. The van der Waals surface area contributed by atoms with Crippen molar-refractivity contribution in [2.75, 3.05) is 17.7 Å². The lowest BCUT2D eigenvalue weighted by molar-refractivity contribution is 0.102. The fourth-order valence-corrected chi connectivity index (χ4v) is 2.64. The molecule has 0 saturated heterocycles. The molecule has 0 aliphatic carbocycles. The second kappa shape index (κ2) is 8.16. The van der Waals surface area contributed by atoms with E-state index in [0.717, 1.165) is 34.8 Å². The Morgan fingerprint density at radius 1 is 1.00 bits per heavy atom. The van der Waals surface area contributed by atoms with Crippen LogP contribution in [-0.2, 0) is 6.42 Å². The molecular formula is C21H21N3O2. The number of carbonyl (C=O) groups is 1. The lowest BCUT2D eigenvalue weighted by atomic mass is 10.1. The molecule has 26 heavy (non-hydrogen) atoms. The SMILES string of the molecule is CCc1ccccc1NC(=O)c1ccc(Nc2ccccc2OC)cn1. The number of pyridine rings is 1. The zero-order chi connectivity index (χ0) is 18.4. The van der Waals surface area contributed by atoms with Gasteiger partial charge >= 0.3 is 0 Å². The number of benzene rings is 2. The molecular weight excluding hydrogens is 326 g/mol. The van der Waals surface area contributed by atoms with E-state index >= 15 is 0 Å². The van der Waals surface area contributed by atoms with Crippen LogP contribution in [-0.4, -0.2) is 18.0 Å². The molecule has 0 radical (unpaired) electrons. The van der Waals surface area contributed by atoms with Crippen LogP contribution in [0.1, 0.15) is 23.0 Å². The lowest BCUT2D eigenvalue weighted by Crippen LogP contribution is -2.14. The zero-order valence-electron chi connectivity index (χ0n) is 14.8. The van der Waals surface area contributed by atoms with E-state index in [2.05, 4.69) is 22.5 Å². The maximum atomic E-state index is 12.4. The summed E-state index contributed by atoms with van der Waals surface area (Å²) in [5.41, 5.74) is 3.89. The number of anilines is 3. The van der Waals surface area contributed by atoms with E-state index in [9.17, 15) is 4.79 Å². The minimum atomic E-state index is -0.227. The predicted octanol–water partition coefficient (Wildman–Crippen LogP) is 4.65. The second-order valence-corrected chi connectivity index (χ2v) is 5.72. The van der Waals surface area contributed by atoms with Crippen LogP contribution < -0.4 is 15.4 Å². The van der Waals surface area contributed by atoms with Gasteiger partial charge in [-0.25, -0.2) is 4.98 Å². The van der Waals surface area contributed by atoms with Crippen LogP contribution in [0, 0.1) is 0 Å². The average molecular weight is 347 g/mol. The molecule has 0 bridgehead atoms. The van der Waals surface area contributed by atoms with Gasteiger partial charge in [-0.1, -0.05) is 37.3 Å². The molecule has 0 unspecified atom stereocenters. The van der Waals surface area contributed by atoms with Gasteiger partial charge < -0.3 is 15.4 Å². The molecule has 3 rings (SSSR count).